The first kappa shape index (κ1) is 21.3. The molecule has 0 radical (unpaired) electrons. The number of hydrogen-bond acceptors (Lipinski definition) is 4. The Hall–Kier alpha value is -3.42. The smallest absolute Gasteiger partial charge is 0.262 e. The number of halogens is 1. The normalized spacial score (nSPS) is 15.7. The maximum Gasteiger partial charge on any atom is 0.262 e. The van der Waals surface area contributed by atoms with E-state index in [-0.39, 0.29) is 36.4 Å². The Morgan fingerprint density at radius 3 is 2.60 bits per heavy atom. The van der Waals surface area contributed by atoms with Crippen molar-refractivity contribution in [3.63, 3.8) is 0 Å². The molecule has 0 saturated carbocycles. The summed E-state index contributed by atoms with van der Waals surface area (Å²) < 4.78 is 19.0. The fourth-order valence-corrected chi connectivity index (χ4v) is 3.15. The van der Waals surface area contributed by atoms with Crippen molar-refractivity contribution >= 4 is 29.1 Å². The van der Waals surface area contributed by atoms with Gasteiger partial charge >= 0.3 is 0 Å². The highest BCUT2D eigenvalue weighted by Gasteiger charge is 2.34. The van der Waals surface area contributed by atoms with E-state index in [9.17, 15) is 18.8 Å². The largest absolute Gasteiger partial charge is 0.484 e. The Bertz CT molecular complexity index is 917. The number of amides is 3. The van der Waals surface area contributed by atoms with Crippen LogP contribution in [0.4, 0.5) is 15.8 Å². The molecule has 3 rings (SSSR count). The summed E-state index contributed by atoms with van der Waals surface area (Å²) in [5.41, 5.74) is 0.750. The molecule has 7 nitrogen and oxygen atoms in total. The second-order valence-electron chi connectivity index (χ2n) is 7.01. The van der Waals surface area contributed by atoms with Gasteiger partial charge in [-0.05, 0) is 42.8 Å². The van der Waals surface area contributed by atoms with Crippen molar-refractivity contribution in [2.75, 3.05) is 29.9 Å². The minimum absolute atomic E-state index is 0.0894. The lowest BCUT2D eigenvalue weighted by atomic mass is 10.1. The molecule has 1 aliphatic rings. The van der Waals surface area contributed by atoms with Crippen molar-refractivity contribution in [3.8, 4) is 5.75 Å². The number of para-hydroxylation sites is 1. The highest BCUT2D eigenvalue weighted by Crippen LogP contribution is 2.27. The number of ether oxygens (including phenoxy) is 1. The monoisotopic (exact) mass is 413 g/mol. The maximum atomic E-state index is 13.6. The van der Waals surface area contributed by atoms with E-state index in [0.29, 0.717) is 24.5 Å². The molecule has 0 bridgehead atoms. The van der Waals surface area contributed by atoms with Gasteiger partial charge in [-0.3, -0.25) is 14.4 Å². The Balaban J connectivity index is 1.52. The predicted molar refractivity (Wildman–Crippen MR) is 111 cm³/mol. The summed E-state index contributed by atoms with van der Waals surface area (Å²) >= 11 is 0. The zero-order chi connectivity index (χ0) is 21.5. The average molecular weight is 413 g/mol. The molecule has 158 valence electrons. The minimum Gasteiger partial charge on any atom is -0.484 e. The second-order valence-corrected chi connectivity index (χ2v) is 7.01. The molecule has 3 amide bonds. The zero-order valence-corrected chi connectivity index (χ0v) is 16.7. The summed E-state index contributed by atoms with van der Waals surface area (Å²) in [5.74, 6) is -1.14. The van der Waals surface area contributed by atoms with Crippen LogP contribution >= 0.6 is 0 Å². The lowest BCUT2D eigenvalue weighted by Gasteiger charge is -2.17. The molecule has 2 aromatic carbocycles. The van der Waals surface area contributed by atoms with Crippen LogP contribution in [-0.4, -0.2) is 37.4 Å². The van der Waals surface area contributed by atoms with Crippen LogP contribution in [0.3, 0.4) is 0 Å². The highest BCUT2D eigenvalue weighted by molar-refractivity contribution is 6.00. The molecule has 1 aliphatic heterocycles. The van der Waals surface area contributed by atoms with Crippen molar-refractivity contribution in [2.24, 2.45) is 5.92 Å². The molecular weight excluding hydrogens is 389 g/mol. The fraction of sp³-hybridized carbons (Fsp3) is 0.318. The molecule has 30 heavy (non-hydrogen) atoms. The Morgan fingerprint density at radius 1 is 1.17 bits per heavy atom. The SMILES string of the molecule is CCCNC(=O)[C@@H]1CC(=O)N(c2ccc(OCC(=O)Nc3ccccc3F)cc2)C1. The van der Waals surface area contributed by atoms with Gasteiger partial charge in [0.15, 0.2) is 6.61 Å². The van der Waals surface area contributed by atoms with Gasteiger partial charge in [0.25, 0.3) is 5.91 Å². The van der Waals surface area contributed by atoms with E-state index in [0.717, 1.165) is 6.42 Å². The third-order valence-electron chi connectivity index (χ3n) is 4.71. The van der Waals surface area contributed by atoms with Gasteiger partial charge < -0.3 is 20.3 Å². The van der Waals surface area contributed by atoms with Gasteiger partial charge in [0.05, 0.1) is 11.6 Å². The third kappa shape index (κ3) is 5.34. The van der Waals surface area contributed by atoms with Gasteiger partial charge in [-0.1, -0.05) is 19.1 Å². The van der Waals surface area contributed by atoms with Crippen molar-refractivity contribution in [3.05, 3.63) is 54.3 Å². The number of carbonyl (C=O) groups excluding carboxylic acids is 3. The molecule has 1 fully saturated rings. The van der Waals surface area contributed by atoms with E-state index >= 15 is 0 Å². The van der Waals surface area contributed by atoms with Crippen LogP contribution < -0.4 is 20.3 Å². The summed E-state index contributed by atoms with van der Waals surface area (Å²) in [6.45, 7) is 2.62. The first-order valence-corrected chi connectivity index (χ1v) is 9.83. The Kier molecular flexibility index (Phi) is 7.00. The van der Waals surface area contributed by atoms with Gasteiger partial charge in [-0.25, -0.2) is 4.39 Å². The van der Waals surface area contributed by atoms with Gasteiger partial charge in [-0.15, -0.1) is 0 Å². The van der Waals surface area contributed by atoms with Crippen molar-refractivity contribution in [2.45, 2.75) is 19.8 Å². The quantitative estimate of drug-likeness (QED) is 0.697. The molecule has 8 heteroatoms. The number of carbonyl (C=O) groups is 3. The van der Waals surface area contributed by atoms with Gasteiger partial charge in [0.2, 0.25) is 11.8 Å². The Morgan fingerprint density at radius 2 is 1.90 bits per heavy atom. The van der Waals surface area contributed by atoms with E-state index in [2.05, 4.69) is 10.6 Å². The summed E-state index contributed by atoms with van der Waals surface area (Å²) in [7, 11) is 0. The summed E-state index contributed by atoms with van der Waals surface area (Å²) in [6, 6.07) is 12.6. The van der Waals surface area contributed by atoms with Crippen LogP contribution in [-0.2, 0) is 14.4 Å². The molecule has 1 saturated heterocycles. The van der Waals surface area contributed by atoms with Crippen LogP contribution in [0.2, 0.25) is 0 Å². The van der Waals surface area contributed by atoms with E-state index < -0.39 is 11.7 Å². The fourth-order valence-electron chi connectivity index (χ4n) is 3.15. The number of anilines is 2. The molecule has 0 aromatic heterocycles. The van der Waals surface area contributed by atoms with Crippen LogP contribution in [0, 0.1) is 11.7 Å². The third-order valence-corrected chi connectivity index (χ3v) is 4.71. The first-order valence-electron chi connectivity index (χ1n) is 9.83. The van der Waals surface area contributed by atoms with E-state index in [1.807, 2.05) is 6.92 Å². The molecule has 2 N–H and O–H groups in total. The van der Waals surface area contributed by atoms with E-state index in [4.69, 9.17) is 4.74 Å². The van der Waals surface area contributed by atoms with Crippen LogP contribution in [0.1, 0.15) is 19.8 Å². The molecular formula is C22H24FN3O4. The molecule has 0 unspecified atom stereocenters. The summed E-state index contributed by atoms with van der Waals surface area (Å²) in [4.78, 5) is 37.9. The topological polar surface area (TPSA) is 87.7 Å². The number of rotatable bonds is 8. The van der Waals surface area contributed by atoms with Crippen molar-refractivity contribution in [1.82, 2.24) is 5.32 Å². The maximum absolute atomic E-state index is 13.6. The molecule has 0 spiro atoms. The Labute approximate surface area is 174 Å². The van der Waals surface area contributed by atoms with Gasteiger partial charge in [0, 0.05) is 25.2 Å². The highest BCUT2D eigenvalue weighted by atomic mass is 19.1. The molecule has 1 atom stereocenters. The lowest BCUT2D eigenvalue weighted by Crippen LogP contribution is -2.33. The number of benzene rings is 2. The predicted octanol–water partition coefficient (Wildman–Crippen LogP) is 2.72. The van der Waals surface area contributed by atoms with E-state index in [1.165, 1.54) is 18.2 Å². The van der Waals surface area contributed by atoms with Crippen molar-refractivity contribution in [1.29, 1.82) is 0 Å². The minimum atomic E-state index is -0.521. The number of nitrogens with one attached hydrogen (secondary N) is 2. The van der Waals surface area contributed by atoms with Gasteiger partial charge in [-0.2, -0.15) is 0 Å². The van der Waals surface area contributed by atoms with Crippen molar-refractivity contribution < 1.29 is 23.5 Å². The lowest BCUT2D eigenvalue weighted by molar-refractivity contribution is -0.126. The van der Waals surface area contributed by atoms with Gasteiger partial charge in [0.1, 0.15) is 11.6 Å². The average Bonchev–Trinajstić information content (AvgIpc) is 3.14. The standard InChI is InChI=1S/C22H24FN3O4/c1-2-11-24-22(29)15-12-21(28)26(13-15)16-7-9-17(10-8-16)30-14-20(27)25-19-6-4-3-5-18(19)23/h3-10,15H,2,11-14H2,1H3,(H,24,29)(H,25,27)/t15-/m1/s1. The zero-order valence-electron chi connectivity index (χ0n) is 16.7. The summed E-state index contributed by atoms with van der Waals surface area (Å²) in [6.07, 6.45) is 1.03. The molecule has 0 aliphatic carbocycles. The number of hydrogen-bond donors (Lipinski definition) is 2. The van der Waals surface area contributed by atoms with Crippen LogP contribution in [0.5, 0.6) is 5.75 Å². The van der Waals surface area contributed by atoms with E-state index in [1.54, 1.807) is 35.2 Å². The molecule has 1 heterocycles. The summed E-state index contributed by atoms with van der Waals surface area (Å²) in [5, 5.41) is 5.27. The van der Waals surface area contributed by atoms with Crippen LogP contribution in [0.15, 0.2) is 48.5 Å². The molecule has 2 aromatic rings. The van der Waals surface area contributed by atoms with Crippen LogP contribution in [0.25, 0.3) is 0 Å². The second kappa shape index (κ2) is 9.87. The number of nitrogens with zero attached hydrogens (tertiary/aromatic N) is 1. The first-order chi connectivity index (χ1) is 14.5.